The van der Waals surface area contributed by atoms with Gasteiger partial charge in [0, 0.05) is 42.1 Å². The molecule has 4 rings (SSSR count). The molecule has 1 aliphatic rings. The van der Waals surface area contributed by atoms with E-state index in [4.69, 9.17) is 11.6 Å². The van der Waals surface area contributed by atoms with Gasteiger partial charge in [-0.05, 0) is 41.3 Å². The molecule has 2 heterocycles. The summed E-state index contributed by atoms with van der Waals surface area (Å²) in [4.78, 5) is 6.99. The summed E-state index contributed by atoms with van der Waals surface area (Å²) < 4.78 is 41.4. The first kappa shape index (κ1) is 23.2. The molecule has 0 bridgehead atoms. The molecule has 170 valence electrons. The molecule has 9 heteroatoms. The normalized spacial score (nSPS) is 15.8. The van der Waals surface area contributed by atoms with Gasteiger partial charge in [0.2, 0.25) is 10.0 Å². The highest BCUT2D eigenvalue weighted by molar-refractivity contribution is 7.89. The predicted molar refractivity (Wildman–Crippen MR) is 129 cm³/mol. The fraction of sp³-hybridized carbons (Fsp3) is 0.348. The van der Waals surface area contributed by atoms with Crippen LogP contribution in [0.1, 0.15) is 26.3 Å². The summed E-state index contributed by atoms with van der Waals surface area (Å²) in [6.07, 6.45) is 0. The SMILES string of the molecule is CC(C)(C)c1ccc(S(=O)(=O)N2CCN(c3nc(-c4cc(F)cc(Cl)c4)cs3)CC2)cc1. The van der Waals surface area contributed by atoms with Gasteiger partial charge in [-0.1, -0.05) is 44.5 Å². The highest BCUT2D eigenvalue weighted by atomic mass is 35.5. The second-order valence-corrected chi connectivity index (χ2v) is 12.0. The highest BCUT2D eigenvalue weighted by Crippen LogP contribution is 2.31. The van der Waals surface area contributed by atoms with E-state index in [1.54, 1.807) is 18.2 Å². The van der Waals surface area contributed by atoms with Gasteiger partial charge in [0.1, 0.15) is 5.82 Å². The Morgan fingerprint density at radius 2 is 1.69 bits per heavy atom. The lowest BCUT2D eigenvalue weighted by Gasteiger charge is -2.33. The van der Waals surface area contributed by atoms with E-state index in [1.807, 2.05) is 17.5 Å². The average Bonchev–Trinajstić information content (AvgIpc) is 3.23. The maximum atomic E-state index is 13.7. The van der Waals surface area contributed by atoms with Gasteiger partial charge in [-0.15, -0.1) is 11.3 Å². The first-order valence-corrected chi connectivity index (χ1v) is 13.0. The van der Waals surface area contributed by atoms with Crippen molar-refractivity contribution in [3.05, 3.63) is 64.2 Å². The van der Waals surface area contributed by atoms with Crippen molar-refractivity contribution >= 4 is 38.1 Å². The van der Waals surface area contributed by atoms with Gasteiger partial charge in [0.05, 0.1) is 10.6 Å². The van der Waals surface area contributed by atoms with E-state index in [0.717, 1.165) is 10.7 Å². The van der Waals surface area contributed by atoms with E-state index in [9.17, 15) is 12.8 Å². The Morgan fingerprint density at radius 3 is 2.28 bits per heavy atom. The van der Waals surface area contributed by atoms with Gasteiger partial charge in [-0.25, -0.2) is 17.8 Å². The van der Waals surface area contributed by atoms with Crippen molar-refractivity contribution in [2.45, 2.75) is 31.1 Å². The molecule has 1 aromatic heterocycles. The first-order valence-electron chi connectivity index (χ1n) is 10.3. The van der Waals surface area contributed by atoms with E-state index in [2.05, 4.69) is 30.7 Å². The molecule has 0 radical (unpaired) electrons. The first-order chi connectivity index (χ1) is 15.0. The number of aromatic nitrogens is 1. The molecule has 32 heavy (non-hydrogen) atoms. The van der Waals surface area contributed by atoms with Crippen LogP contribution in [-0.2, 0) is 15.4 Å². The second kappa shape index (κ2) is 8.74. The highest BCUT2D eigenvalue weighted by Gasteiger charge is 2.29. The van der Waals surface area contributed by atoms with Crippen LogP contribution in [0.5, 0.6) is 0 Å². The summed E-state index contributed by atoms with van der Waals surface area (Å²) in [5.74, 6) is -0.406. The van der Waals surface area contributed by atoms with Crippen molar-refractivity contribution in [1.29, 1.82) is 0 Å². The minimum Gasteiger partial charge on any atom is -0.345 e. The fourth-order valence-corrected chi connectivity index (χ4v) is 6.17. The lowest BCUT2D eigenvalue weighted by Crippen LogP contribution is -2.48. The van der Waals surface area contributed by atoms with Gasteiger partial charge >= 0.3 is 0 Å². The summed E-state index contributed by atoms with van der Waals surface area (Å²) in [7, 11) is -3.54. The smallest absolute Gasteiger partial charge is 0.243 e. The molecule has 0 spiro atoms. The molecular formula is C23H25ClFN3O2S2. The minimum atomic E-state index is -3.54. The monoisotopic (exact) mass is 493 g/mol. The number of rotatable bonds is 4. The number of hydrogen-bond donors (Lipinski definition) is 0. The van der Waals surface area contributed by atoms with Crippen LogP contribution in [0.3, 0.4) is 0 Å². The van der Waals surface area contributed by atoms with Gasteiger partial charge in [0.25, 0.3) is 0 Å². The minimum absolute atomic E-state index is 0.0304. The molecule has 1 fully saturated rings. The molecular weight excluding hydrogens is 469 g/mol. The Kier molecular flexibility index (Phi) is 6.33. The lowest BCUT2D eigenvalue weighted by atomic mass is 9.87. The second-order valence-electron chi connectivity index (χ2n) is 8.84. The quantitative estimate of drug-likeness (QED) is 0.487. The molecule has 0 atom stereocenters. The zero-order valence-electron chi connectivity index (χ0n) is 18.2. The van der Waals surface area contributed by atoms with Crippen LogP contribution in [0.4, 0.5) is 9.52 Å². The predicted octanol–water partition coefficient (Wildman–Crippen LogP) is 5.41. The molecule has 0 unspecified atom stereocenters. The summed E-state index contributed by atoms with van der Waals surface area (Å²) in [5, 5.41) is 2.97. The molecule has 0 saturated carbocycles. The van der Waals surface area contributed by atoms with Crippen molar-refractivity contribution in [3.8, 4) is 11.3 Å². The van der Waals surface area contributed by atoms with E-state index in [0.29, 0.717) is 47.4 Å². The molecule has 0 aliphatic carbocycles. The standard InChI is InChI=1S/C23H25ClFN3O2S2/c1-23(2,3)17-4-6-20(7-5-17)32(29,30)28-10-8-27(9-11-28)22-26-21(15-31-22)16-12-18(24)14-19(25)13-16/h4-7,12-15H,8-11H2,1-3H3. The molecule has 1 aliphatic heterocycles. The maximum absolute atomic E-state index is 13.7. The third kappa shape index (κ3) is 4.83. The molecule has 1 saturated heterocycles. The molecule has 2 aromatic carbocycles. The van der Waals surface area contributed by atoms with Crippen molar-refractivity contribution in [2.24, 2.45) is 0 Å². The van der Waals surface area contributed by atoms with Crippen LogP contribution in [0.2, 0.25) is 5.02 Å². The Balaban J connectivity index is 1.44. The maximum Gasteiger partial charge on any atom is 0.243 e. The molecule has 3 aromatic rings. The van der Waals surface area contributed by atoms with Crippen molar-refractivity contribution in [1.82, 2.24) is 9.29 Å². The van der Waals surface area contributed by atoms with Crippen LogP contribution in [0.15, 0.2) is 52.7 Å². The van der Waals surface area contributed by atoms with Crippen molar-refractivity contribution in [3.63, 3.8) is 0 Å². The third-order valence-electron chi connectivity index (χ3n) is 5.52. The van der Waals surface area contributed by atoms with Crippen LogP contribution in [0.25, 0.3) is 11.3 Å². The van der Waals surface area contributed by atoms with Gasteiger partial charge in [-0.2, -0.15) is 4.31 Å². The topological polar surface area (TPSA) is 53.5 Å². The zero-order valence-corrected chi connectivity index (χ0v) is 20.6. The van der Waals surface area contributed by atoms with Gasteiger partial charge in [0.15, 0.2) is 5.13 Å². The van der Waals surface area contributed by atoms with Crippen LogP contribution in [0, 0.1) is 5.82 Å². The van der Waals surface area contributed by atoms with E-state index >= 15 is 0 Å². The van der Waals surface area contributed by atoms with Crippen LogP contribution >= 0.6 is 22.9 Å². The number of thiazole rings is 1. The number of hydrogen-bond acceptors (Lipinski definition) is 5. The number of piperazine rings is 1. The van der Waals surface area contributed by atoms with Crippen molar-refractivity contribution < 1.29 is 12.8 Å². The molecule has 0 amide bonds. The number of sulfonamides is 1. The Bertz CT molecular complexity index is 1190. The Morgan fingerprint density at radius 1 is 1.03 bits per heavy atom. The summed E-state index contributed by atoms with van der Waals surface area (Å²) in [6.45, 7) is 8.13. The van der Waals surface area contributed by atoms with Crippen molar-refractivity contribution in [2.75, 3.05) is 31.1 Å². The lowest BCUT2D eigenvalue weighted by molar-refractivity contribution is 0.384. The average molecular weight is 494 g/mol. The summed E-state index contributed by atoms with van der Waals surface area (Å²) in [6, 6.07) is 11.5. The van der Waals surface area contributed by atoms with Crippen LogP contribution in [-0.4, -0.2) is 43.9 Å². The Labute approximate surface area is 197 Å². The van der Waals surface area contributed by atoms with E-state index in [1.165, 1.54) is 27.8 Å². The van der Waals surface area contributed by atoms with E-state index < -0.39 is 15.8 Å². The molecule has 5 nitrogen and oxygen atoms in total. The summed E-state index contributed by atoms with van der Waals surface area (Å²) in [5.41, 5.74) is 2.34. The van der Waals surface area contributed by atoms with E-state index in [-0.39, 0.29) is 5.41 Å². The third-order valence-corrected chi connectivity index (χ3v) is 8.55. The van der Waals surface area contributed by atoms with Gasteiger partial charge < -0.3 is 4.90 Å². The summed E-state index contributed by atoms with van der Waals surface area (Å²) >= 11 is 7.41. The largest absolute Gasteiger partial charge is 0.345 e. The zero-order chi connectivity index (χ0) is 23.1. The number of benzene rings is 2. The number of halogens is 2. The van der Waals surface area contributed by atoms with Gasteiger partial charge in [-0.3, -0.25) is 0 Å². The number of nitrogens with zero attached hydrogens (tertiary/aromatic N) is 3. The van der Waals surface area contributed by atoms with Crippen LogP contribution < -0.4 is 4.90 Å². The number of anilines is 1. The molecule has 0 N–H and O–H groups in total. The fourth-order valence-electron chi connectivity index (χ4n) is 3.64. The Hall–Kier alpha value is -2.00.